The van der Waals surface area contributed by atoms with E-state index in [1.54, 1.807) is 13.3 Å². The molecule has 1 saturated carbocycles. The molecule has 1 fully saturated rings. The number of rotatable bonds is 6. The minimum absolute atomic E-state index is 0.350. The van der Waals surface area contributed by atoms with Gasteiger partial charge in [-0.15, -0.1) is 0 Å². The van der Waals surface area contributed by atoms with Crippen molar-refractivity contribution < 1.29 is 4.74 Å². The molecular formula is C16H26N2O. The van der Waals surface area contributed by atoms with Gasteiger partial charge in [-0.3, -0.25) is 4.98 Å². The quantitative estimate of drug-likeness (QED) is 0.848. The fraction of sp³-hybridized carbons (Fsp3) is 0.688. The lowest BCUT2D eigenvalue weighted by molar-refractivity contribution is 0.223. The van der Waals surface area contributed by atoms with Crippen LogP contribution >= 0.6 is 0 Å². The van der Waals surface area contributed by atoms with Crippen LogP contribution < -0.4 is 10.1 Å². The van der Waals surface area contributed by atoms with Gasteiger partial charge in [0.25, 0.3) is 0 Å². The Kier molecular flexibility index (Phi) is 4.81. The highest BCUT2D eigenvalue weighted by Crippen LogP contribution is 2.47. The summed E-state index contributed by atoms with van der Waals surface area (Å²) < 4.78 is 5.31. The number of methoxy groups -OCH3 is 1. The standard InChI is InChI=1S/C16H26N2O/c1-4-9-18-15(16(2)7-5-6-8-16)13-10-14(19-3)12-17-11-13/h10-12,15,18H,4-9H2,1-3H3. The zero-order valence-electron chi connectivity index (χ0n) is 12.4. The molecule has 1 aliphatic rings. The Hall–Kier alpha value is -1.09. The third-order valence-electron chi connectivity index (χ3n) is 4.34. The molecule has 0 aromatic carbocycles. The summed E-state index contributed by atoms with van der Waals surface area (Å²) in [6, 6.07) is 2.52. The maximum atomic E-state index is 5.31. The van der Waals surface area contributed by atoms with Crippen LogP contribution in [0.1, 0.15) is 57.6 Å². The second-order valence-corrected chi connectivity index (χ2v) is 5.91. The molecule has 1 N–H and O–H groups in total. The molecule has 1 aromatic rings. The summed E-state index contributed by atoms with van der Waals surface area (Å²) in [5, 5.41) is 3.72. The first-order valence-corrected chi connectivity index (χ1v) is 7.42. The zero-order valence-corrected chi connectivity index (χ0v) is 12.4. The minimum Gasteiger partial charge on any atom is -0.495 e. The average molecular weight is 262 g/mol. The monoisotopic (exact) mass is 262 g/mol. The summed E-state index contributed by atoms with van der Waals surface area (Å²) in [5.41, 5.74) is 1.61. The van der Waals surface area contributed by atoms with E-state index in [1.165, 1.54) is 31.2 Å². The van der Waals surface area contributed by atoms with E-state index in [9.17, 15) is 0 Å². The molecule has 3 heteroatoms. The largest absolute Gasteiger partial charge is 0.495 e. The number of nitrogens with zero attached hydrogens (tertiary/aromatic N) is 1. The van der Waals surface area contributed by atoms with E-state index in [1.807, 2.05) is 6.20 Å². The van der Waals surface area contributed by atoms with Gasteiger partial charge in [0.1, 0.15) is 5.75 Å². The predicted molar refractivity (Wildman–Crippen MR) is 78.4 cm³/mol. The normalized spacial score (nSPS) is 19.3. The maximum absolute atomic E-state index is 5.31. The third-order valence-corrected chi connectivity index (χ3v) is 4.34. The number of hydrogen-bond donors (Lipinski definition) is 1. The predicted octanol–water partition coefficient (Wildman–Crippen LogP) is 3.71. The number of ether oxygens (including phenoxy) is 1. The van der Waals surface area contributed by atoms with Gasteiger partial charge in [0.15, 0.2) is 0 Å². The van der Waals surface area contributed by atoms with Crippen LogP contribution in [0.15, 0.2) is 18.5 Å². The Bertz CT molecular complexity index is 399. The smallest absolute Gasteiger partial charge is 0.137 e. The van der Waals surface area contributed by atoms with Crippen LogP contribution in [0, 0.1) is 5.41 Å². The first-order valence-electron chi connectivity index (χ1n) is 7.42. The van der Waals surface area contributed by atoms with E-state index in [4.69, 9.17) is 4.74 Å². The lowest BCUT2D eigenvalue weighted by Crippen LogP contribution is -2.35. The number of pyridine rings is 1. The van der Waals surface area contributed by atoms with Crippen molar-refractivity contribution in [2.75, 3.05) is 13.7 Å². The molecule has 0 radical (unpaired) electrons. The molecule has 19 heavy (non-hydrogen) atoms. The molecule has 0 spiro atoms. The van der Waals surface area contributed by atoms with Crippen LogP contribution in [0.3, 0.4) is 0 Å². The fourth-order valence-corrected chi connectivity index (χ4v) is 3.23. The van der Waals surface area contributed by atoms with E-state index in [2.05, 4.69) is 30.2 Å². The molecule has 0 bridgehead atoms. The Morgan fingerprint density at radius 2 is 2.11 bits per heavy atom. The molecule has 1 atom stereocenters. The van der Waals surface area contributed by atoms with Gasteiger partial charge >= 0.3 is 0 Å². The highest BCUT2D eigenvalue weighted by Gasteiger charge is 2.37. The summed E-state index contributed by atoms with van der Waals surface area (Å²) in [5.74, 6) is 0.849. The lowest BCUT2D eigenvalue weighted by Gasteiger charge is -2.35. The van der Waals surface area contributed by atoms with Gasteiger partial charge in [-0.25, -0.2) is 0 Å². The molecular weight excluding hydrogens is 236 g/mol. The summed E-state index contributed by atoms with van der Waals surface area (Å²) in [4.78, 5) is 4.32. The van der Waals surface area contributed by atoms with E-state index < -0.39 is 0 Å². The van der Waals surface area contributed by atoms with E-state index in [0.717, 1.165) is 18.7 Å². The van der Waals surface area contributed by atoms with Crippen LogP contribution in [-0.4, -0.2) is 18.6 Å². The summed E-state index contributed by atoms with van der Waals surface area (Å²) in [6.45, 7) is 5.68. The SMILES string of the molecule is CCCNC(c1cncc(OC)c1)C1(C)CCCC1. The lowest BCUT2D eigenvalue weighted by atomic mass is 9.77. The first kappa shape index (κ1) is 14.3. The molecule has 3 nitrogen and oxygen atoms in total. The molecule has 2 rings (SSSR count). The Morgan fingerprint density at radius 3 is 2.74 bits per heavy atom. The number of nitrogens with one attached hydrogen (secondary N) is 1. The van der Waals surface area contributed by atoms with Crippen molar-refractivity contribution in [2.45, 2.75) is 52.0 Å². The van der Waals surface area contributed by atoms with Crippen molar-refractivity contribution in [2.24, 2.45) is 5.41 Å². The average Bonchev–Trinajstić information content (AvgIpc) is 2.87. The first-order chi connectivity index (χ1) is 9.19. The van der Waals surface area contributed by atoms with Gasteiger partial charge in [-0.05, 0) is 42.9 Å². The van der Waals surface area contributed by atoms with Crippen molar-refractivity contribution in [1.29, 1.82) is 0 Å². The number of hydrogen-bond acceptors (Lipinski definition) is 3. The molecule has 1 unspecified atom stereocenters. The van der Waals surface area contributed by atoms with E-state index in [0.29, 0.717) is 11.5 Å². The minimum atomic E-state index is 0.350. The molecule has 1 heterocycles. The Morgan fingerprint density at radius 1 is 1.37 bits per heavy atom. The maximum Gasteiger partial charge on any atom is 0.137 e. The molecule has 0 aliphatic heterocycles. The summed E-state index contributed by atoms with van der Waals surface area (Å²) in [7, 11) is 1.70. The van der Waals surface area contributed by atoms with Gasteiger partial charge < -0.3 is 10.1 Å². The summed E-state index contributed by atoms with van der Waals surface area (Å²) >= 11 is 0. The second kappa shape index (κ2) is 6.38. The van der Waals surface area contributed by atoms with Crippen LogP contribution in [0.5, 0.6) is 5.75 Å². The highest BCUT2D eigenvalue weighted by molar-refractivity contribution is 5.27. The molecule has 0 saturated heterocycles. The van der Waals surface area contributed by atoms with Gasteiger partial charge in [0, 0.05) is 12.2 Å². The van der Waals surface area contributed by atoms with Gasteiger partial charge in [-0.1, -0.05) is 26.7 Å². The Balaban J connectivity index is 2.25. The van der Waals surface area contributed by atoms with Crippen LogP contribution in [0.4, 0.5) is 0 Å². The van der Waals surface area contributed by atoms with Crippen molar-refractivity contribution in [3.8, 4) is 5.75 Å². The topological polar surface area (TPSA) is 34.2 Å². The van der Waals surface area contributed by atoms with E-state index >= 15 is 0 Å². The van der Waals surface area contributed by atoms with Crippen molar-refractivity contribution in [1.82, 2.24) is 10.3 Å². The Labute approximate surface area is 116 Å². The second-order valence-electron chi connectivity index (χ2n) is 5.91. The zero-order chi connectivity index (χ0) is 13.7. The van der Waals surface area contributed by atoms with Gasteiger partial charge in [0.05, 0.1) is 13.3 Å². The van der Waals surface area contributed by atoms with Crippen LogP contribution in [-0.2, 0) is 0 Å². The highest BCUT2D eigenvalue weighted by atomic mass is 16.5. The van der Waals surface area contributed by atoms with Crippen molar-refractivity contribution >= 4 is 0 Å². The van der Waals surface area contributed by atoms with Gasteiger partial charge in [0.2, 0.25) is 0 Å². The summed E-state index contributed by atoms with van der Waals surface area (Å²) in [6.07, 6.45) is 10.2. The molecule has 106 valence electrons. The third kappa shape index (κ3) is 3.27. The fourth-order valence-electron chi connectivity index (χ4n) is 3.23. The molecule has 1 aromatic heterocycles. The van der Waals surface area contributed by atoms with Gasteiger partial charge in [-0.2, -0.15) is 0 Å². The molecule has 1 aliphatic carbocycles. The number of aromatic nitrogens is 1. The van der Waals surface area contributed by atoms with Crippen molar-refractivity contribution in [3.63, 3.8) is 0 Å². The molecule has 0 amide bonds. The van der Waals surface area contributed by atoms with Crippen LogP contribution in [0.2, 0.25) is 0 Å². The van der Waals surface area contributed by atoms with Crippen LogP contribution in [0.25, 0.3) is 0 Å². The van der Waals surface area contributed by atoms with Crippen molar-refractivity contribution in [3.05, 3.63) is 24.0 Å². The van der Waals surface area contributed by atoms with E-state index in [-0.39, 0.29) is 0 Å².